The second-order valence-electron chi connectivity index (χ2n) is 3.47. The highest BCUT2D eigenvalue weighted by molar-refractivity contribution is 7.99. The normalized spacial score (nSPS) is 10.7. The number of carbonyl (C=O) groups is 1. The number of rotatable bonds is 4. The molecule has 1 rings (SSSR count). The quantitative estimate of drug-likeness (QED) is 0.860. The SMILES string of the molecule is CC(C)SCc1ccc(C(=O)O)cc1F. The monoisotopic (exact) mass is 228 g/mol. The molecule has 2 nitrogen and oxygen atoms in total. The first-order chi connectivity index (χ1) is 7.00. The Kier molecular flexibility index (Phi) is 4.15. The van der Waals surface area contributed by atoms with Crippen LogP contribution in [0.5, 0.6) is 0 Å². The van der Waals surface area contributed by atoms with Crippen molar-refractivity contribution in [2.45, 2.75) is 24.9 Å². The molecule has 0 unspecified atom stereocenters. The minimum atomic E-state index is -1.10. The predicted molar refractivity (Wildman–Crippen MR) is 59.8 cm³/mol. The molecular formula is C11H13FO2S. The van der Waals surface area contributed by atoms with E-state index < -0.39 is 11.8 Å². The van der Waals surface area contributed by atoms with E-state index in [9.17, 15) is 9.18 Å². The summed E-state index contributed by atoms with van der Waals surface area (Å²) in [5, 5.41) is 9.08. The maximum absolute atomic E-state index is 13.4. The summed E-state index contributed by atoms with van der Waals surface area (Å²) in [7, 11) is 0. The van der Waals surface area contributed by atoms with E-state index in [1.165, 1.54) is 12.1 Å². The summed E-state index contributed by atoms with van der Waals surface area (Å²) in [6, 6.07) is 4.04. The van der Waals surface area contributed by atoms with Crippen molar-refractivity contribution < 1.29 is 14.3 Å². The zero-order chi connectivity index (χ0) is 11.4. The van der Waals surface area contributed by atoms with Crippen molar-refractivity contribution in [1.29, 1.82) is 0 Å². The summed E-state index contributed by atoms with van der Waals surface area (Å²) in [6.07, 6.45) is 0. The van der Waals surface area contributed by atoms with Gasteiger partial charge in [0.15, 0.2) is 0 Å². The van der Waals surface area contributed by atoms with Gasteiger partial charge in [-0.3, -0.25) is 0 Å². The Morgan fingerprint density at radius 3 is 2.67 bits per heavy atom. The zero-order valence-electron chi connectivity index (χ0n) is 8.66. The van der Waals surface area contributed by atoms with Crippen molar-refractivity contribution in [2.24, 2.45) is 0 Å². The standard InChI is InChI=1S/C11H13FO2S/c1-7(2)15-6-9-4-3-8(11(13)14)5-10(9)12/h3-5,7H,6H2,1-2H3,(H,13,14). The van der Waals surface area contributed by atoms with Crippen LogP contribution in [-0.2, 0) is 5.75 Å². The van der Waals surface area contributed by atoms with Gasteiger partial charge in [0.2, 0.25) is 0 Å². The molecule has 0 radical (unpaired) electrons. The maximum atomic E-state index is 13.4. The van der Waals surface area contributed by atoms with Crippen LogP contribution in [0.25, 0.3) is 0 Å². The molecule has 82 valence electrons. The molecule has 1 N–H and O–H groups in total. The Morgan fingerprint density at radius 2 is 2.20 bits per heavy atom. The number of benzene rings is 1. The predicted octanol–water partition coefficient (Wildman–Crippen LogP) is 3.17. The lowest BCUT2D eigenvalue weighted by Crippen LogP contribution is -1.99. The van der Waals surface area contributed by atoms with Crippen LogP contribution in [0.15, 0.2) is 18.2 Å². The highest BCUT2D eigenvalue weighted by Crippen LogP contribution is 2.20. The number of hydrogen-bond acceptors (Lipinski definition) is 2. The van der Waals surface area contributed by atoms with Gasteiger partial charge in [0, 0.05) is 5.75 Å². The fraction of sp³-hybridized carbons (Fsp3) is 0.364. The Bertz CT molecular complexity index is 364. The molecule has 0 atom stereocenters. The number of halogens is 1. The molecule has 1 aromatic rings. The van der Waals surface area contributed by atoms with E-state index in [0.29, 0.717) is 16.6 Å². The van der Waals surface area contributed by atoms with E-state index in [0.717, 1.165) is 6.07 Å². The third kappa shape index (κ3) is 3.55. The number of carboxylic acid groups (broad SMARTS) is 1. The average Bonchev–Trinajstić information content (AvgIpc) is 2.15. The van der Waals surface area contributed by atoms with Crippen LogP contribution in [0.2, 0.25) is 0 Å². The molecule has 0 aromatic heterocycles. The minimum absolute atomic E-state index is 0.00852. The van der Waals surface area contributed by atoms with Gasteiger partial charge in [-0.15, -0.1) is 0 Å². The number of aromatic carboxylic acids is 1. The second kappa shape index (κ2) is 5.16. The van der Waals surface area contributed by atoms with Crippen molar-refractivity contribution in [3.8, 4) is 0 Å². The van der Waals surface area contributed by atoms with Gasteiger partial charge in [-0.2, -0.15) is 11.8 Å². The molecule has 0 fully saturated rings. The average molecular weight is 228 g/mol. The summed E-state index contributed by atoms with van der Waals surface area (Å²) in [4.78, 5) is 10.6. The molecule has 0 saturated heterocycles. The molecule has 1 aromatic carbocycles. The highest BCUT2D eigenvalue weighted by atomic mass is 32.2. The number of thioether (sulfide) groups is 1. The molecule has 15 heavy (non-hydrogen) atoms. The van der Waals surface area contributed by atoms with E-state index in [4.69, 9.17) is 5.11 Å². The van der Waals surface area contributed by atoms with Crippen molar-refractivity contribution in [2.75, 3.05) is 0 Å². The van der Waals surface area contributed by atoms with Gasteiger partial charge < -0.3 is 5.11 Å². The third-order valence-electron chi connectivity index (χ3n) is 1.87. The fourth-order valence-electron chi connectivity index (χ4n) is 1.05. The lowest BCUT2D eigenvalue weighted by atomic mass is 10.1. The van der Waals surface area contributed by atoms with Gasteiger partial charge in [-0.1, -0.05) is 19.9 Å². The molecule has 0 spiro atoms. The van der Waals surface area contributed by atoms with E-state index in [1.807, 2.05) is 13.8 Å². The van der Waals surface area contributed by atoms with Gasteiger partial charge >= 0.3 is 5.97 Å². The van der Waals surface area contributed by atoms with Crippen molar-refractivity contribution in [3.63, 3.8) is 0 Å². The van der Waals surface area contributed by atoms with Gasteiger partial charge in [0.1, 0.15) is 5.82 Å². The van der Waals surface area contributed by atoms with Crippen LogP contribution in [0.3, 0.4) is 0 Å². The van der Waals surface area contributed by atoms with Crippen LogP contribution in [-0.4, -0.2) is 16.3 Å². The molecule has 0 amide bonds. The Hall–Kier alpha value is -1.03. The van der Waals surface area contributed by atoms with E-state index >= 15 is 0 Å². The molecule has 4 heteroatoms. The first-order valence-electron chi connectivity index (χ1n) is 4.64. The number of hydrogen-bond donors (Lipinski definition) is 1. The van der Waals surface area contributed by atoms with Gasteiger partial charge in [0.05, 0.1) is 5.56 Å². The Balaban J connectivity index is 2.79. The van der Waals surface area contributed by atoms with Crippen molar-refractivity contribution in [3.05, 3.63) is 35.1 Å². The molecule has 0 heterocycles. The van der Waals surface area contributed by atoms with E-state index in [1.54, 1.807) is 11.8 Å². The Labute approximate surface area is 92.5 Å². The lowest BCUT2D eigenvalue weighted by Gasteiger charge is -2.06. The van der Waals surface area contributed by atoms with Crippen LogP contribution in [0.1, 0.15) is 29.8 Å². The lowest BCUT2D eigenvalue weighted by molar-refractivity contribution is 0.0696. The van der Waals surface area contributed by atoms with Gasteiger partial charge in [0.25, 0.3) is 0 Å². The molecule has 0 bridgehead atoms. The van der Waals surface area contributed by atoms with E-state index in [-0.39, 0.29) is 5.56 Å². The Morgan fingerprint density at radius 1 is 1.53 bits per heavy atom. The zero-order valence-corrected chi connectivity index (χ0v) is 9.47. The molecule has 0 aliphatic rings. The molecule has 0 aliphatic carbocycles. The van der Waals surface area contributed by atoms with Crippen LogP contribution in [0, 0.1) is 5.82 Å². The minimum Gasteiger partial charge on any atom is -0.478 e. The smallest absolute Gasteiger partial charge is 0.335 e. The third-order valence-corrected chi connectivity index (χ3v) is 3.02. The summed E-state index contributed by atoms with van der Waals surface area (Å²) in [5.74, 6) is -0.969. The summed E-state index contributed by atoms with van der Waals surface area (Å²) in [6.45, 7) is 4.07. The first-order valence-corrected chi connectivity index (χ1v) is 5.69. The maximum Gasteiger partial charge on any atom is 0.335 e. The van der Waals surface area contributed by atoms with Crippen LogP contribution in [0.4, 0.5) is 4.39 Å². The molecule has 0 saturated carbocycles. The van der Waals surface area contributed by atoms with Crippen molar-refractivity contribution >= 4 is 17.7 Å². The molecular weight excluding hydrogens is 215 g/mol. The fourth-order valence-corrected chi connectivity index (χ4v) is 1.80. The number of carboxylic acids is 1. The topological polar surface area (TPSA) is 37.3 Å². The summed E-state index contributed by atoms with van der Waals surface area (Å²) >= 11 is 1.63. The first kappa shape index (κ1) is 12.0. The van der Waals surface area contributed by atoms with Crippen LogP contribution < -0.4 is 0 Å². The van der Waals surface area contributed by atoms with Crippen molar-refractivity contribution in [1.82, 2.24) is 0 Å². The highest BCUT2D eigenvalue weighted by Gasteiger charge is 2.08. The summed E-state index contributed by atoms with van der Waals surface area (Å²) < 4.78 is 13.4. The second-order valence-corrected chi connectivity index (χ2v) is 5.04. The largest absolute Gasteiger partial charge is 0.478 e. The summed E-state index contributed by atoms with van der Waals surface area (Å²) in [5.41, 5.74) is 0.546. The van der Waals surface area contributed by atoms with Crippen LogP contribution >= 0.6 is 11.8 Å². The molecule has 0 aliphatic heterocycles. The van der Waals surface area contributed by atoms with E-state index in [2.05, 4.69) is 0 Å². The van der Waals surface area contributed by atoms with Gasteiger partial charge in [-0.25, -0.2) is 9.18 Å². The van der Waals surface area contributed by atoms with Gasteiger partial charge in [-0.05, 0) is 22.9 Å².